The smallest absolute Gasteiger partial charge is 0.337 e. The SMILES string of the molecule is Cc1ccc(Cl)c(-n2c(=O)[nH]c3c(C(=O)O)cccc32)c1. The second kappa shape index (κ2) is 4.79. The van der Waals surface area contributed by atoms with Crippen molar-refractivity contribution in [2.24, 2.45) is 0 Å². The number of imidazole rings is 1. The highest BCUT2D eigenvalue weighted by Crippen LogP contribution is 2.25. The van der Waals surface area contributed by atoms with Gasteiger partial charge in [-0.15, -0.1) is 0 Å². The van der Waals surface area contributed by atoms with Crippen molar-refractivity contribution < 1.29 is 9.90 Å². The first kappa shape index (κ1) is 13.5. The monoisotopic (exact) mass is 302 g/mol. The molecule has 0 unspecified atom stereocenters. The number of carboxylic acid groups (broad SMARTS) is 1. The molecule has 0 bridgehead atoms. The van der Waals surface area contributed by atoms with Gasteiger partial charge in [-0.05, 0) is 36.8 Å². The predicted octanol–water partition coefficient (Wildman–Crippen LogP) is 2.98. The van der Waals surface area contributed by atoms with Crippen LogP contribution in [0.2, 0.25) is 5.02 Å². The van der Waals surface area contributed by atoms with Gasteiger partial charge in [0.15, 0.2) is 0 Å². The summed E-state index contributed by atoms with van der Waals surface area (Å²) in [5, 5.41) is 9.62. The standard InChI is InChI=1S/C15H11ClN2O3/c1-8-5-6-10(16)12(7-8)18-11-4-2-3-9(14(19)20)13(11)17-15(18)21/h2-7H,1H3,(H,17,21)(H,19,20). The molecule has 6 heteroatoms. The van der Waals surface area contributed by atoms with Gasteiger partial charge in [0.25, 0.3) is 0 Å². The van der Waals surface area contributed by atoms with Crippen LogP contribution in [0.4, 0.5) is 0 Å². The van der Waals surface area contributed by atoms with Crippen molar-refractivity contribution in [1.82, 2.24) is 9.55 Å². The minimum absolute atomic E-state index is 0.0483. The molecular formula is C15H11ClN2O3. The third kappa shape index (κ3) is 2.11. The van der Waals surface area contributed by atoms with Gasteiger partial charge in [0.05, 0.1) is 27.3 Å². The number of H-pyrrole nitrogens is 1. The number of aryl methyl sites for hydroxylation is 1. The van der Waals surface area contributed by atoms with Crippen LogP contribution in [0.1, 0.15) is 15.9 Å². The number of hydrogen-bond donors (Lipinski definition) is 2. The number of nitrogens with zero attached hydrogens (tertiary/aromatic N) is 1. The van der Waals surface area contributed by atoms with E-state index in [0.717, 1.165) is 5.56 Å². The lowest BCUT2D eigenvalue weighted by Crippen LogP contribution is -2.15. The summed E-state index contributed by atoms with van der Waals surface area (Å²) >= 11 is 6.17. The van der Waals surface area contributed by atoms with E-state index in [1.54, 1.807) is 24.3 Å². The molecule has 106 valence electrons. The number of aromatic amines is 1. The third-order valence-electron chi connectivity index (χ3n) is 3.29. The molecule has 0 aliphatic rings. The molecule has 0 radical (unpaired) electrons. The van der Waals surface area contributed by atoms with Crippen LogP contribution >= 0.6 is 11.6 Å². The highest BCUT2D eigenvalue weighted by molar-refractivity contribution is 6.32. The van der Waals surface area contributed by atoms with E-state index in [4.69, 9.17) is 11.6 Å². The molecule has 0 saturated carbocycles. The molecule has 2 N–H and O–H groups in total. The fourth-order valence-electron chi connectivity index (χ4n) is 2.34. The molecule has 1 heterocycles. The number of aromatic carboxylic acids is 1. The maximum Gasteiger partial charge on any atom is 0.337 e. The molecule has 3 rings (SSSR count). The van der Waals surface area contributed by atoms with Gasteiger partial charge in [0.2, 0.25) is 0 Å². The molecule has 0 atom stereocenters. The lowest BCUT2D eigenvalue weighted by molar-refractivity contribution is 0.0699. The molecular weight excluding hydrogens is 292 g/mol. The highest BCUT2D eigenvalue weighted by atomic mass is 35.5. The first-order chi connectivity index (χ1) is 9.99. The Balaban J connectivity index is 2.42. The average molecular weight is 303 g/mol. The van der Waals surface area contributed by atoms with Crippen molar-refractivity contribution in [1.29, 1.82) is 0 Å². The number of hydrogen-bond acceptors (Lipinski definition) is 2. The molecule has 0 saturated heterocycles. The van der Waals surface area contributed by atoms with E-state index in [-0.39, 0.29) is 11.1 Å². The maximum absolute atomic E-state index is 12.2. The van der Waals surface area contributed by atoms with Gasteiger partial charge in [-0.3, -0.25) is 4.57 Å². The molecule has 2 aromatic carbocycles. The van der Waals surface area contributed by atoms with Gasteiger partial charge < -0.3 is 10.1 Å². The van der Waals surface area contributed by atoms with Crippen molar-refractivity contribution in [2.75, 3.05) is 0 Å². The lowest BCUT2D eigenvalue weighted by Gasteiger charge is -2.07. The summed E-state index contributed by atoms with van der Waals surface area (Å²) in [6, 6.07) is 10.1. The molecule has 3 aromatic rings. The number of fused-ring (bicyclic) bond motifs is 1. The summed E-state index contributed by atoms with van der Waals surface area (Å²) in [6.45, 7) is 1.89. The second-order valence-electron chi connectivity index (χ2n) is 4.73. The van der Waals surface area contributed by atoms with Crippen LogP contribution in [0.15, 0.2) is 41.2 Å². The zero-order chi connectivity index (χ0) is 15.1. The van der Waals surface area contributed by atoms with Crippen LogP contribution in [0.25, 0.3) is 16.7 Å². The van der Waals surface area contributed by atoms with Gasteiger partial charge in [-0.2, -0.15) is 0 Å². The van der Waals surface area contributed by atoms with Crippen molar-refractivity contribution in [3.8, 4) is 5.69 Å². The molecule has 0 aliphatic carbocycles. The molecule has 0 aliphatic heterocycles. The first-order valence-corrected chi connectivity index (χ1v) is 6.60. The number of carboxylic acids is 1. The van der Waals surface area contributed by atoms with Crippen LogP contribution in [0.3, 0.4) is 0 Å². The normalized spacial score (nSPS) is 11.0. The lowest BCUT2D eigenvalue weighted by atomic mass is 10.1. The van der Waals surface area contributed by atoms with Gasteiger partial charge >= 0.3 is 11.7 Å². The van der Waals surface area contributed by atoms with Gasteiger partial charge in [-0.25, -0.2) is 9.59 Å². The fraction of sp³-hybridized carbons (Fsp3) is 0.0667. The Morgan fingerprint density at radius 2 is 2.05 bits per heavy atom. The minimum Gasteiger partial charge on any atom is -0.478 e. The third-order valence-corrected chi connectivity index (χ3v) is 3.61. The Morgan fingerprint density at radius 3 is 2.76 bits per heavy atom. The number of aromatic nitrogens is 2. The van der Waals surface area contributed by atoms with Crippen LogP contribution < -0.4 is 5.69 Å². The van der Waals surface area contributed by atoms with Gasteiger partial charge in [0, 0.05) is 0 Å². The second-order valence-corrected chi connectivity index (χ2v) is 5.13. The van der Waals surface area contributed by atoms with Crippen molar-refractivity contribution in [3.63, 3.8) is 0 Å². The molecule has 0 fully saturated rings. The van der Waals surface area contributed by atoms with E-state index in [1.807, 2.05) is 13.0 Å². The number of para-hydroxylation sites is 1. The summed E-state index contributed by atoms with van der Waals surface area (Å²) < 4.78 is 1.39. The zero-order valence-electron chi connectivity index (χ0n) is 11.1. The molecule has 0 amide bonds. The Labute approximate surface area is 124 Å². The van der Waals surface area contributed by atoms with E-state index in [0.29, 0.717) is 16.2 Å². The van der Waals surface area contributed by atoms with Crippen LogP contribution in [-0.2, 0) is 0 Å². The van der Waals surface area contributed by atoms with Gasteiger partial charge in [0.1, 0.15) is 0 Å². The van der Waals surface area contributed by atoms with Crippen LogP contribution in [0, 0.1) is 6.92 Å². The molecule has 1 aromatic heterocycles. The van der Waals surface area contributed by atoms with Crippen molar-refractivity contribution >= 4 is 28.6 Å². The number of carbonyl (C=O) groups is 1. The van der Waals surface area contributed by atoms with Crippen LogP contribution in [-0.4, -0.2) is 20.6 Å². The topological polar surface area (TPSA) is 75.1 Å². The molecule has 0 spiro atoms. The summed E-state index contributed by atoms with van der Waals surface area (Å²) in [7, 11) is 0. The summed E-state index contributed by atoms with van der Waals surface area (Å²) in [4.78, 5) is 26.1. The van der Waals surface area contributed by atoms with E-state index < -0.39 is 11.7 Å². The number of halogens is 1. The average Bonchev–Trinajstić information content (AvgIpc) is 2.77. The number of nitrogens with one attached hydrogen (secondary N) is 1. The highest BCUT2D eigenvalue weighted by Gasteiger charge is 2.16. The van der Waals surface area contributed by atoms with E-state index >= 15 is 0 Å². The maximum atomic E-state index is 12.2. The van der Waals surface area contributed by atoms with Crippen molar-refractivity contribution in [3.05, 3.63) is 63.0 Å². The molecule has 5 nitrogen and oxygen atoms in total. The predicted molar refractivity (Wildman–Crippen MR) is 80.6 cm³/mol. The summed E-state index contributed by atoms with van der Waals surface area (Å²) in [6.07, 6.45) is 0. The van der Waals surface area contributed by atoms with Crippen molar-refractivity contribution in [2.45, 2.75) is 6.92 Å². The molecule has 21 heavy (non-hydrogen) atoms. The Bertz CT molecular complexity index is 924. The fourth-order valence-corrected chi connectivity index (χ4v) is 2.54. The Hall–Kier alpha value is -2.53. The number of rotatable bonds is 2. The zero-order valence-corrected chi connectivity index (χ0v) is 11.8. The quantitative estimate of drug-likeness (QED) is 0.764. The Morgan fingerprint density at radius 1 is 1.29 bits per heavy atom. The van der Waals surface area contributed by atoms with Crippen LogP contribution in [0.5, 0.6) is 0 Å². The van der Waals surface area contributed by atoms with E-state index in [1.165, 1.54) is 10.6 Å². The Kier molecular flexibility index (Phi) is 3.07. The first-order valence-electron chi connectivity index (χ1n) is 6.22. The largest absolute Gasteiger partial charge is 0.478 e. The van der Waals surface area contributed by atoms with E-state index in [2.05, 4.69) is 4.98 Å². The van der Waals surface area contributed by atoms with E-state index in [9.17, 15) is 14.7 Å². The van der Waals surface area contributed by atoms with Gasteiger partial charge in [-0.1, -0.05) is 23.7 Å². The summed E-state index contributed by atoms with van der Waals surface area (Å²) in [5.41, 5.74) is 1.86. The number of benzene rings is 2. The summed E-state index contributed by atoms with van der Waals surface area (Å²) in [5.74, 6) is -1.09. The minimum atomic E-state index is -1.09.